The molecular formula is C21H35N5O3. The van der Waals surface area contributed by atoms with Gasteiger partial charge in [-0.05, 0) is 71.2 Å². The van der Waals surface area contributed by atoms with E-state index < -0.39 is 5.60 Å². The molecule has 8 heteroatoms. The van der Waals surface area contributed by atoms with Crippen molar-refractivity contribution < 1.29 is 14.7 Å². The Morgan fingerprint density at radius 3 is 2.45 bits per heavy atom. The van der Waals surface area contributed by atoms with Crippen LogP contribution in [0.3, 0.4) is 0 Å². The van der Waals surface area contributed by atoms with E-state index in [1.54, 1.807) is 29.4 Å². The van der Waals surface area contributed by atoms with Gasteiger partial charge < -0.3 is 25.5 Å². The van der Waals surface area contributed by atoms with Gasteiger partial charge in [-0.2, -0.15) is 0 Å². The molecule has 1 amide bonds. The minimum absolute atomic E-state index is 0.437. The Bertz CT molecular complexity index is 658. The molecule has 0 saturated carbocycles. The van der Waals surface area contributed by atoms with Crippen LogP contribution >= 0.6 is 0 Å². The van der Waals surface area contributed by atoms with Crippen LogP contribution in [-0.4, -0.2) is 86.9 Å². The van der Waals surface area contributed by atoms with Crippen molar-refractivity contribution in [3.63, 3.8) is 0 Å². The van der Waals surface area contributed by atoms with E-state index in [4.69, 9.17) is 0 Å². The molecule has 0 aromatic heterocycles. The number of benzene rings is 1. The van der Waals surface area contributed by atoms with Gasteiger partial charge in [-0.1, -0.05) is 6.92 Å². The minimum Gasteiger partial charge on any atom is -0.388 e. The van der Waals surface area contributed by atoms with Gasteiger partial charge in [-0.3, -0.25) is 9.59 Å². The fourth-order valence-electron chi connectivity index (χ4n) is 3.08. The number of amides is 1. The quantitative estimate of drug-likeness (QED) is 0.329. The largest absolute Gasteiger partial charge is 0.388 e. The van der Waals surface area contributed by atoms with Crippen LogP contribution in [0.1, 0.15) is 36.5 Å². The predicted octanol–water partition coefficient (Wildman–Crippen LogP) is 1.73. The van der Waals surface area contributed by atoms with E-state index in [9.17, 15) is 14.7 Å². The van der Waals surface area contributed by atoms with E-state index in [0.29, 0.717) is 42.7 Å². The molecule has 0 spiro atoms. The van der Waals surface area contributed by atoms with Gasteiger partial charge in [0, 0.05) is 24.8 Å². The summed E-state index contributed by atoms with van der Waals surface area (Å²) in [6.45, 7) is 5.47. The number of carbonyl (C=O) groups is 2. The summed E-state index contributed by atoms with van der Waals surface area (Å²) in [6.07, 6.45) is 5.53. The first-order valence-corrected chi connectivity index (χ1v) is 9.95. The lowest BCUT2D eigenvalue weighted by Gasteiger charge is -2.35. The zero-order chi connectivity index (χ0) is 21.7. The number of hydrogen-bond donors (Lipinski definition) is 3. The molecule has 1 fully saturated rings. The second-order valence-electron chi connectivity index (χ2n) is 7.59. The van der Waals surface area contributed by atoms with Crippen LogP contribution in [0.25, 0.3) is 0 Å². The Kier molecular flexibility index (Phi) is 11.1. The molecular weight excluding hydrogens is 370 g/mol. The molecule has 162 valence electrons. The topological polar surface area (TPSA) is 97.3 Å². The Balaban J connectivity index is 0.000000612. The summed E-state index contributed by atoms with van der Waals surface area (Å²) in [5.41, 5.74) is 0.750. The number of carbonyl (C=O) groups excluding carboxylic acids is 2. The number of aldehydes is 1. The average molecular weight is 406 g/mol. The zero-order valence-corrected chi connectivity index (χ0v) is 18.0. The SMILES string of the molecule is CCCN(C)C.CN(C=Nc1cc(NC=O)ccc1C=O)CC1(O)CCNCC1. The van der Waals surface area contributed by atoms with Crippen LogP contribution in [0.2, 0.25) is 0 Å². The Labute approximate surface area is 174 Å². The Hall–Kier alpha value is -2.29. The molecule has 1 aromatic carbocycles. The first kappa shape index (κ1) is 24.7. The predicted molar refractivity (Wildman–Crippen MR) is 118 cm³/mol. The number of piperidine rings is 1. The van der Waals surface area contributed by atoms with E-state index in [1.165, 1.54) is 13.0 Å². The first-order valence-electron chi connectivity index (χ1n) is 9.95. The lowest BCUT2D eigenvalue weighted by Crippen LogP contribution is -2.48. The van der Waals surface area contributed by atoms with E-state index >= 15 is 0 Å². The van der Waals surface area contributed by atoms with Gasteiger partial charge in [-0.15, -0.1) is 0 Å². The molecule has 2 rings (SSSR count). The van der Waals surface area contributed by atoms with Gasteiger partial charge >= 0.3 is 0 Å². The van der Waals surface area contributed by atoms with E-state index in [2.05, 4.69) is 41.5 Å². The second-order valence-corrected chi connectivity index (χ2v) is 7.59. The van der Waals surface area contributed by atoms with Crippen LogP contribution in [0.5, 0.6) is 0 Å². The number of hydrogen-bond acceptors (Lipinski definition) is 6. The van der Waals surface area contributed by atoms with Gasteiger partial charge in [0.2, 0.25) is 6.41 Å². The van der Waals surface area contributed by atoms with Crippen molar-refractivity contribution in [2.24, 2.45) is 4.99 Å². The van der Waals surface area contributed by atoms with Crippen LogP contribution < -0.4 is 10.6 Å². The summed E-state index contributed by atoms with van der Waals surface area (Å²) < 4.78 is 0. The first-order chi connectivity index (χ1) is 13.8. The molecule has 1 aliphatic rings. The zero-order valence-electron chi connectivity index (χ0n) is 18.0. The van der Waals surface area contributed by atoms with Crippen molar-refractivity contribution in [1.82, 2.24) is 15.1 Å². The third kappa shape index (κ3) is 9.65. The summed E-state index contributed by atoms with van der Waals surface area (Å²) in [7, 11) is 6.00. The van der Waals surface area contributed by atoms with Crippen LogP contribution in [-0.2, 0) is 4.79 Å². The van der Waals surface area contributed by atoms with E-state index in [-0.39, 0.29) is 0 Å². The third-order valence-electron chi connectivity index (χ3n) is 4.53. The highest BCUT2D eigenvalue weighted by atomic mass is 16.3. The highest BCUT2D eigenvalue weighted by molar-refractivity contribution is 5.87. The standard InChI is InChI=1S/C16H22N4O3.C5H13N/c1-20(10-16(23)4-6-17-7-5-16)11-18-15-8-14(19-12-22)3-2-13(15)9-21;1-4-5-6(2)3/h2-3,8-9,11-12,17,23H,4-7,10H2,1H3,(H,19,22);4-5H2,1-3H3. The summed E-state index contributed by atoms with van der Waals surface area (Å²) in [5, 5.41) is 16.3. The molecule has 8 nitrogen and oxygen atoms in total. The number of nitrogens with zero attached hydrogens (tertiary/aromatic N) is 3. The lowest BCUT2D eigenvalue weighted by atomic mass is 9.92. The maximum absolute atomic E-state index is 11.1. The molecule has 1 saturated heterocycles. The van der Waals surface area contributed by atoms with Crippen molar-refractivity contribution in [2.45, 2.75) is 31.8 Å². The number of aliphatic hydroxyl groups is 1. The van der Waals surface area contributed by atoms with Crippen LogP contribution in [0, 0.1) is 0 Å². The summed E-state index contributed by atoms with van der Waals surface area (Å²) in [5.74, 6) is 0. The molecule has 0 bridgehead atoms. The lowest BCUT2D eigenvalue weighted by molar-refractivity contribution is -0.105. The number of rotatable bonds is 9. The van der Waals surface area contributed by atoms with Gasteiger partial charge in [0.25, 0.3) is 0 Å². The fourth-order valence-corrected chi connectivity index (χ4v) is 3.08. The normalized spacial score (nSPS) is 15.5. The highest BCUT2D eigenvalue weighted by Gasteiger charge is 2.29. The number of aliphatic imine (C=N–C) groups is 1. The van der Waals surface area contributed by atoms with Crippen LogP contribution in [0.4, 0.5) is 11.4 Å². The molecule has 0 aliphatic carbocycles. The molecule has 0 atom stereocenters. The molecule has 29 heavy (non-hydrogen) atoms. The van der Waals surface area contributed by atoms with Crippen molar-refractivity contribution >= 4 is 30.4 Å². The number of likely N-dealkylation sites (N-methyl/N-ethyl adjacent to an activating group) is 1. The summed E-state index contributed by atoms with van der Waals surface area (Å²) in [6, 6.07) is 4.87. The maximum atomic E-state index is 11.1. The van der Waals surface area contributed by atoms with Crippen LogP contribution in [0.15, 0.2) is 23.2 Å². The van der Waals surface area contributed by atoms with Gasteiger partial charge in [0.15, 0.2) is 6.29 Å². The maximum Gasteiger partial charge on any atom is 0.211 e. The molecule has 1 heterocycles. The molecule has 3 N–H and O–H groups in total. The van der Waals surface area contributed by atoms with Gasteiger partial charge in [0.1, 0.15) is 0 Å². The third-order valence-corrected chi connectivity index (χ3v) is 4.53. The molecule has 0 radical (unpaired) electrons. The summed E-state index contributed by atoms with van der Waals surface area (Å²) in [4.78, 5) is 29.9. The summed E-state index contributed by atoms with van der Waals surface area (Å²) >= 11 is 0. The van der Waals surface area contributed by atoms with Crippen molar-refractivity contribution in [1.29, 1.82) is 0 Å². The molecule has 0 unspecified atom stereocenters. The Morgan fingerprint density at radius 2 is 1.93 bits per heavy atom. The van der Waals surface area contributed by atoms with Gasteiger partial charge in [0.05, 0.1) is 17.6 Å². The Morgan fingerprint density at radius 1 is 1.24 bits per heavy atom. The minimum atomic E-state index is -0.722. The number of nitrogens with one attached hydrogen (secondary N) is 2. The monoisotopic (exact) mass is 405 g/mol. The van der Waals surface area contributed by atoms with Gasteiger partial charge in [-0.25, -0.2) is 4.99 Å². The number of anilines is 1. The fraction of sp³-hybridized carbons (Fsp3) is 0.571. The second kappa shape index (κ2) is 13.0. The highest BCUT2D eigenvalue weighted by Crippen LogP contribution is 2.23. The van der Waals surface area contributed by atoms with E-state index in [0.717, 1.165) is 19.4 Å². The van der Waals surface area contributed by atoms with Crippen molar-refractivity contribution in [2.75, 3.05) is 52.6 Å². The van der Waals surface area contributed by atoms with Crippen molar-refractivity contribution in [3.05, 3.63) is 23.8 Å². The van der Waals surface area contributed by atoms with Crippen molar-refractivity contribution in [3.8, 4) is 0 Å². The smallest absolute Gasteiger partial charge is 0.211 e. The molecule has 1 aliphatic heterocycles. The average Bonchev–Trinajstić information content (AvgIpc) is 2.67. The molecule has 1 aromatic rings. The van der Waals surface area contributed by atoms with E-state index in [1.807, 2.05) is 7.05 Å².